The number of amidine groups is 1. The van der Waals surface area contributed by atoms with E-state index in [1.165, 1.54) is 6.92 Å². The number of aliphatic hydroxyl groups excluding tert-OH is 1. The first kappa shape index (κ1) is 27.9. The number of aliphatic hydroxyl groups is 1. The molecule has 1 aliphatic rings. The number of carbonyl (C=O) groups excluding carboxylic acids is 2. The van der Waals surface area contributed by atoms with E-state index in [1.807, 2.05) is 32.9 Å². The van der Waals surface area contributed by atoms with Gasteiger partial charge in [0.05, 0.1) is 19.9 Å². The predicted octanol–water partition coefficient (Wildman–Crippen LogP) is 3.69. The maximum absolute atomic E-state index is 12.8. The van der Waals surface area contributed by atoms with Gasteiger partial charge in [-0.1, -0.05) is 0 Å². The molecule has 0 fully saturated rings. The molecule has 2 heterocycles. The molecule has 1 atom stereocenters. The summed E-state index contributed by atoms with van der Waals surface area (Å²) in [7, 11) is 3.18. The Labute approximate surface area is 218 Å². The van der Waals surface area contributed by atoms with E-state index in [9.17, 15) is 9.59 Å². The molecule has 0 aliphatic carbocycles. The van der Waals surface area contributed by atoms with Crippen LogP contribution in [0.25, 0.3) is 0 Å². The first-order valence-electron chi connectivity index (χ1n) is 12.3. The summed E-state index contributed by atoms with van der Waals surface area (Å²) >= 11 is 0. The molecule has 200 valence electrons. The number of aliphatic imine (C=N–C) groups is 1. The van der Waals surface area contributed by atoms with Crippen molar-refractivity contribution in [3.05, 3.63) is 41.6 Å². The van der Waals surface area contributed by atoms with E-state index >= 15 is 0 Å². The largest absolute Gasteiger partial charge is 0.497 e. The Bertz CT molecular complexity index is 1140. The number of ether oxygens (including phenoxy) is 2. The van der Waals surface area contributed by atoms with Crippen molar-refractivity contribution in [1.82, 2.24) is 15.6 Å². The third-order valence-corrected chi connectivity index (χ3v) is 5.90. The number of pyridine rings is 1. The van der Waals surface area contributed by atoms with Gasteiger partial charge in [0, 0.05) is 49.9 Å². The van der Waals surface area contributed by atoms with Crippen LogP contribution in [0.1, 0.15) is 57.6 Å². The van der Waals surface area contributed by atoms with Gasteiger partial charge in [-0.3, -0.25) is 15.0 Å². The highest BCUT2D eigenvalue weighted by Crippen LogP contribution is 2.37. The molecular formula is C27H37N5O5. The number of aromatic nitrogens is 1. The van der Waals surface area contributed by atoms with Gasteiger partial charge in [-0.25, -0.2) is 14.8 Å². The first-order chi connectivity index (χ1) is 17.5. The molecule has 0 saturated carbocycles. The van der Waals surface area contributed by atoms with Gasteiger partial charge in [-0.2, -0.15) is 0 Å². The van der Waals surface area contributed by atoms with Gasteiger partial charge in [0.15, 0.2) is 0 Å². The van der Waals surface area contributed by atoms with Crippen LogP contribution in [-0.4, -0.2) is 60.8 Å². The minimum absolute atomic E-state index is 0.0652. The van der Waals surface area contributed by atoms with Gasteiger partial charge in [0.25, 0.3) is 0 Å². The number of hydrogen-bond acceptors (Lipinski definition) is 7. The number of amides is 3. The Kier molecular flexibility index (Phi) is 9.09. The summed E-state index contributed by atoms with van der Waals surface area (Å²) in [5.41, 5.74) is 1.96. The second-order valence-corrected chi connectivity index (χ2v) is 10.0. The molecule has 10 nitrogen and oxygen atoms in total. The second kappa shape index (κ2) is 12.1. The summed E-state index contributed by atoms with van der Waals surface area (Å²) in [6.45, 7) is 7.70. The molecule has 0 radical (unpaired) electrons. The van der Waals surface area contributed by atoms with Crippen LogP contribution in [-0.2, 0) is 11.2 Å². The fourth-order valence-corrected chi connectivity index (χ4v) is 4.12. The maximum atomic E-state index is 12.8. The standard InChI is InChI=1S/C27H37N5O5/c1-17(34)32(9-7-8-10-33)24-15-23-19(16-28-24)13-22(18-11-20(36-5)14-21(12-18)37-6)25(29-23)30-26(35)31-27(2,3)4/h11-12,14-16,22,33H,7-10,13H2,1-6H3,(H2,29,30,31,35). The molecule has 0 saturated heterocycles. The lowest BCUT2D eigenvalue weighted by atomic mass is 9.88. The molecule has 37 heavy (non-hydrogen) atoms. The van der Waals surface area contributed by atoms with Crippen LogP contribution in [0.2, 0.25) is 0 Å². The Morgan fingerprint density at radius 2 is 1.78 bits per heavy atom. The number of methoxy groups -OCH3 is 2. The highest BCUT2D eigenvalue weighted by Gasteiger charge is 2.29. The summed E-state index contributed by atoms with van der Waals surface area (Å²) in [6.07, 6.45) is 3.50. The molecule has 10 heteroatoms. The average molecular weight is 512 g/mol. The number of anilines is 1. The number of nitrogens with zero attached hydrogens (tertiary/aromatic N) is 3. The monoisotopic (exact) mass is 511 g/mol. The third-order valence-electron chi connectivity index (χ3n) is 5.90. The Morgan fingerprint density at radius 3 is 2.35 bits per heavy atom. The van der Waals surface area contributed by atoms with Gasteiger partial charge < -0.3 is 19.9 Å². The number of benzene rings is 1. The molecule has 1 unspecified atom stereocenters. The zero-order chi connectivity index (χ0) is 27.2. The van der Waals surface area contributed by atoms with Crippen molar-refractivity contribution in [3.63, 3.8) is 0 Å². The number of carbonyl (C=O) groups is 2. The van der Waals surface area contributed by atoms with Crippen molar-refractivity contribution >= 4 is 29.3 Å². The van der Waals surface area contributed by atoms with E-state index in [2.05, 4.69) is 15.6 Å². The Hall–Kier alpha value is -3.66. The maximum Gasteiger partial charge on any atom is 0.320 e. The number of urea groups is 1. The molecule has 0 bridgehead atoms. The molecule has 3 N–H and O–H groups in total. The van der Waals surface area contributed by atoms with E-state index in [0.717, 1.165) is 11.1 Å². The molecule has 3 amide bonds. The van der Waals surface area contributed by atoms with Crippen molar-refractivity contribution < 1.29 is 24.2 Å². The van der Waals surface area contributed by atoms with Gasteiger partial charge in [-0.15, -0.1) is 0 Å². The SMILES string of the molecule is COc1cc(OC)cc(C2Cc3cnc(N(CCCCO)C(C)=O)cc3N=C2NC(=O)NC(C)(C)C)c1. The molecular weight excluding hydrogens is 474 g/mol. The highest BCUT2D eigenvalue weighted by molar-refractivity contribution is 6.03. The zero-order valence-electron chi connectivity index (χ0n) is 22.4. The first-order valence-corrected chi connectivity index (χ1v) is 12.3. The zero-order valence-corrected chi connectivity index (χ0v) is 22.4. The molecule has 1 aromatic carbocycles. The lowest BCUT2D eigenvalue weighted by Crippen LogP contribution is -2.49. The number of unbranched alkanes of at least 4 members (excludes halogenated alkanes) is 1. The summed E-state index contributed by atoms with van der Waals surface area (Å²) in [6, 6.07) is 6.99. The smallest absolute Gasteiger partial charge is 0.320 e. The lowest BCUT2D eigenvalue weighted by Gasteiger charge is -2.28. The molecule has 0 spiro atoms. The van der Waals surface area contributed by atoms with Crippen molar-refractivity contribution in [2.24, 2.45) is 4.99 Å². The molecule has 3 rings (SSSR count). The normalized spacial score (nSPS) is 14.8. The van der Waals surface area contributed by atoms with Crippen LogP contribution in [0.4, 0.5) is 16.3 Å². The number of fused-ring (bicyclic) bond motifs is 1. The van der Waals surface area contributed by atoms with E-state index in [4.69, 9.17) is 19.6 Å². The second-order valence-electron chi connectivity index (χ2n) is 10.0. The van der Waals surface area contributed by atoms with Gasteiger partial charge in [0.1, 0.15) is 23.2 Å². The molecule has 2 aromatic rings. The Morgan fingerprint density at radius 1 is 1.11 bits per heavy atom. The van der Waals surface area contributed by atoms with Crippen LogP contribution in [0, 0.1) is 0 Å². The summed E-state index contributed by atoms with van der Waals surface area (Å²) in [4.78, 5) is 36.1. The molecule has 1 aromatic heterocycles. The van der Waals surface area contributed by atoms with Crippen molar-refractivity contribution in [2.45, 2.75) is 58.4 Å². The Balaban J connectivity index is 2.03. The minimum atomic E-state index is -0.431. The van der Waals surface area contributed by atoms with Crippen LogP contribution >= 0.6 is 0 Å². The fourth-order valence-electron chi connectivity index (χ4n) is 4.12. The highest BCUT2D eigenvalue weighted by atomic mass is 16.5. The van der Waals surface area contributed by atoms with Gasteiger partial charge in [-0.05, 0) is 63.3 Å². The van der Waals surface area contributed by atoms with E-state index < -0.39 is 5.54 Å². The summed E-state index contributed by atoms with van der Waals surface area (Å²) in [5, 5.41) is 15.0. The van der Waals surface area contributed by atoms with Crippen LogP contribution in [0.5, 0.6) is 11.5 Å². The van der Waals surface area contributed by atoms with Crippen LogP contribution in [0.3, 0.4) is 0 Å². The van der Waals surface area contributed by atoms with Crippen molar-refractivity contribution in [3.8, 4) is 11.5 Å². The van der Waals surface area contributed by atoms with Crippen LogP contribution < -0.4 is 25.0 Å². The third kappa shape index (κ3) is 7.42. The van der Waals surface area contributed by atoms with Gasteiger partial charge in [0.2, 0.25) is 5.91 Å². The number of nitrogens with one attached hydrogen (secondary N) is 2. The van der Waals surface area contributed by atoms with Gasteiger partial charge >= 0.3 is 6.03 Å². The minimum Gasteiger partial charge on any atom is -0.497 e. The van der Waals surface area contributed by atoms with E-state index in [0.29, 0.717) is 54.6 Å². The van der Waals surface area contributed by atoms with Crippen molar-refractivity contribution in [1.29, 1.82) is 0 Å². The molecule has 1 aliphatic heterocycles. The predicted molar refractivity (Wildman–Crippen MR) is 143 cm³/mol. The number of rotatable bonds is 8. The topological polar surface area (TPSA) is 125 Å². The van der Waals surface area contributed by atoms with E-state index in [1.54, 1.807) is 37.4 Å². The summed E-state index contributed by atoms with van der Waals surface area (Å²) < 4.78 is 10.9. The average Bonchev–Trinajstić information content (AvgIpc) is 2.84. The van der Waals surface area contributed by atoms with Crippen LogP contribution in [0.15, 0.2) is 35.5 Å². The van der Waals surface area contributed by atoms with E-state index in [-0.39, 0.29) is 24.5 Å². The fraction of sp³-hybridized carbons (Fsp3) is 0.481. The lowest BCUT2D eigenvalue weighted by molar-refractivity contribution is -0.116. The summed E-state index contributed by atoms with van der Waals surface area (Å²) in [5.74, 6) is 1.78. The quantitative estimate of drug-likeness (QED) is 0.464. The number of hydrogen-bond donors (Lipinski definition) is 3. The van der Waals surface area contributed by atoms with Crippen molar-refractivity contribution in [2.75, 3.05) is 32.3 Å².